The zero-order chi connectivity index (χ0) is 78.6. The molecule has 21 heteroatoms. The maximum Gasteiger partial charge on any atom is 0.251 e. The van der Waals surface area contributed by atoms with Crippen molar-refractivity contribution in [3.8, 4) is 0 Å². The second kappa shape index (κ2) is 43.6. The Bertz CT molecular complexity index is 4330. The molecule has 11 rings (SSSR count). The number of hydrogen-bond acceptors (Lipinski definition) is 11. The third-order valence-electron chi connectivity index (χ3n) is 21.1. The maximum atomic E-state index is 13.9. The molecule has 3 aliphatic rings. The smallest absolute Gasteiger partial charge is 0.251 e. The number of benzene rings is 8. The summed E-state index contributed by atoms with van der Waals surface area (Å²) in [5, 5.41) is 25.7. The Morgan fingerprint density at radius 2 is 0.900 bits per heavy atom. The molecule has 0 bridgehead atoms. The molecule has 3 fully saturated rings. The molecule has 8 aromatic carbocycles. The maximum absolute atomic E-state index is 13.9. The summed E-state index contributed by atoms with van der Waals surface area (Å²) >= 11 is 24.1. The second-order valence-electron chi connectivity index (χ2n) is 29.7. The molecule has 8 N–H and O–H groups in total. The van der Waals surface area contributed by atoms with Crippen molar-refractivity contribution in [2.75, 3.05) is 72.1 Å². The van der Waals surface area contributed by atoms with Gasteiger partial charge >= 0.3 is 0 Å². The number of halogens is 4. The molecule has 3 saturated heterocycles. The lowest BCUT2D eigenvalue weighted by Crippen LogP contribution is -2.50. The van der Waals surface area contributed by atoms with Crippen molar-refractivity contribution < 1.29 is 33.5 Å². The molecular formula is C89H110Cl4N10O7. The number of carbonyl (C=O) groups excluding carboxylic acids is 6. The Morgan fingerprint density at radius 1 is 0.500 bits per heavy atom. The molecule has 17 nitrogen and oxygen atoms in total. The molecule has 0 spiro atoms. The van der Waals surface area contributed by atoms with Crippen LogP contribution in [0.15, 0.2) is 194 Å². The van der Waals surface area contributed by atoms with Crippen molar-refractivity contribution in [3.05, 3.63) is 248 Å². The molecule has 6 amide bonds. The van der Waals surface area contributed by atoms with E-state index in [0.29, 0.717) is 134 Å². The lowest BCUT2D eigenvalue weighted by molar-refractivity contribution is -0.134. The molecule has 110 heavy (non-hydrogen) atoms. The number of amides is 6. The van der Waals surface area contributed by atoms with E-state index in [1.165, 1.54) is 11.1 Å². The number of hydrogen-bond donors (Lipinski definition) is 7. The van der Waals surface area contributed by atoms with E-state index in [-0.39, 0.29) is 83.5 Å². The van der Waals surface area contributed by atoms with Gasteiger partial charge in [0.1, 0.15) is 0 Å². The van der Waals surface area contributed by atoms with Crippen molar-refractivity contribution >= 4 is 103 Å². The van der Waals surface area contributed by atoms with E-state index in [2.05, 4.69) is 122 Å². The van der Waals surface area contributed by atoms with Gasteiger partial charge in [0.2, 0.25) is 17.7 Å². The fraction of sp³-hybridized carbons (Fsp3) is 0.416. The summed E-state index contributed by atoms with van der Waals surface area (Å²) in [4.78, 5) is 85.0. The van der Waals surface area contributed by atoms with Gasteiger partial charge in [-0.2, -0.15) is 0 Å². The van der Waals surface area contributed by atoms with Gasteiger partial charge in [-0.05, 0) is 188 Å². The normalized spacial score (nSPS) is 19.1. The summed E-state index contributed by atoms with van der Waals surface area (Å²) in [5.74, 6) is 1.10. The minimum absolute atomic E-state index is 0.0257. The average Bonchev–Trinajstić information content (AvgIpc) is 1.04. The highest BCUT2D eigenvalue weighted by atomic mass is 35.5. The Labute approximate surface area is 670 Å². The quantitative estimate of drug-likeness (QED) is 0.0166. The van der Waals surface area contributed by atoms with Crippen LogP contribution in [0, 0.1) is 11.8 Å². The Hall–Kier alpha value is -8.20. The first-order valence-electron chi connectivity index (χ1n) is 39.0. The predicted octanol–water partition coefficient (Wildman–Crippen LogP) is 15.8. The zero-order valence-electron chi connectivity index (χ0n) is 64.4. The molecule has 0 aliphatic carbocycles. The molecule has 0 saturated carbocycles. The highest BCUT2D eigenvalue weighted by molar-refractivity contribution is 6.42. The summed E-state index contributed by atoms with van der Waals surface area (Å²) in [6.07, 6.45) is 7.03. The van der Waals surface area contributed by atoms with E-state index in [4.69, 9.17) is 56.9 Å². The summed E-state index contributed by atoms with van der Waals surface area (Å²) in [6.45, 7) is 23.5. The monoisotopic (exact) mass is 1570 g/mol. The van der Waals surface area contributed by atoms with E-state index in [1.54, 1.807) is 18.2 Å². The molecular weight excluding hydrogens is 1460 g/mol. The largest absolute Gasteiger partial charge is 0.377 e. The van der Waals surface area contributed by atoms with Crippen LogP contribution in [0.4, 0.5) is 0 Å². The first kappa shape index (κ1) is 85.8. The van der Waals surface area contributed by atoms with Crippen LogP contribution in [0.5, 0.6) is 0 Å². The number of ether oxygens (including phenoxy) is 1. The Kier molecular flexibility index (Phi) is 34.0. The third kappa shape index (κ3) is 25.7. The molecule has 3 heterocycles. The summed E-state index contributed by atoms with van der Waals surface area (Å²) in [7, 11) is 0. The number of nitrogens with two attached hydrogens (primary N) is 1. The number of nitrogens with zero attached hydrogens (tertiary/aromatic N) is 3. The van der Waals surface area contributed by atoms with Gasteiger partial charge in [-0.15, -0.1) is 0 Å². The van der Waals surface area contributed by atoms with Gasteiger partial charge in [-0.3, -0.25) is 28.8 Å². The van der Waals surface area contributed by atoms with Crippen molar-refractivity contribution in [3.63, 3.8) is 0 Å². The molecule has 3 aliphatic heterocycles. The van der Waals surface area contributed by atoms with Crippen molar-refractivity contribution in [2.24, 2.45) is 17.6 Å². The topological polar surface area (TPSA) is 220 Å². The number of rotatable bonds is 30. The summed E-state index contributed by atoms with van der Waals surface area (Å²) in [5.41, 5.74) is 12.1. The summed E-state index contributed by atoms with van der Waals surface area (Å²) < 4.78 is 5.96. The Balaban J connectivity index is 0.000000193. The van der Waals surface area contributed by atoms with Gasteiger partial charge in [-0.25, -0.2) is 0 Å². The molecule has 0 aromatic heterocycles. The van der Waals surface area contributed by atoms with Crippen LogP contribution >= 0.6 is 46.4 Å². The van der Waals surface area contributed by atoms with E-state index in [9.17, 15) is 28.8 Å². The first-order chi connectivity index (χ1) is 53.1. The Morgan fingerprint density at radius 3 is 1.33 bits per heavy atom. The van der Waals surface area contributed by atoms with Gasteiger partial charge in [0.15, 0.2) is 0 Å². The fourth-order valence-corrected chi connectivity index (χ4v) is 15.2. The van der Waals surface area contributed by atoms with Gasteiger partial charge < -0.3 is 57.1 Å². The summed E-state index contributed by atoms with van der Waals surface area (Å²) in [6, 6.07) is 57.2. The number of carbonyl (C=O) groups is 6. The van der Waals surface area contributed by atoms with E-state index in [1.807, 2.05) is 137 Å². The SMILES string of the molecule is C=C(C)C(CC)CN1CC[C@@H](CNC(=O)c2ccc(Cl)c(Cl)c2)N[C@@H](CCN)C1=O.CC[C@H](CN1CC[C@@H](CNC(=O)c2ccc3cc(Cl)ccc3c2)N[C@@H](CC(C)C)C1=O)c1ccccc1.CC[C@H](CN1CC[C@@H](CNC(=O)c2ccc3cc(Cl)ccc3c2)N[C@@H](CCOCc2ccccc2)C1=O)c1ccccc1. The van der Waals surface area contributed by atoms with Crippen LogP contribution in [-0.4, -0.2) is 158 Å². The van der Waals surface area contributed by atoms with Crippen LogP contribution in [0.25, 0.3) is 21.5 Å². The number of fused-ring (bicyclic) bond motifs is 2. The van der Waals surface area contributed by atoms with Gasteiger partial charge in [0.05, 0.1) is 34.8 Å². The molecule has 1 unspecified atom stereocenters. The highest BCUT2D eigenvalue weighted by Gasteiger charge is 2.36. The van der Waals surface area contributed by atoms with E-state index >= 15 is 0 Å². The van der Waals surface area contributed by atoms with Crippen LogP contribution in [0.1, 0.15) is 159 Å². The molecule has 9 atom stereocenters. The van der Waals surface area contributed by atoms with Crippen molar-refractivity contribution in [1.29, 1.82) is 0 Å². The van der Waals surface area contributed by atoms with Crippen LogP contribution in [-0.2, 0) is 25.7 Å². The van der Waals surface area contributed by atoms with Gasteiger partial charge in [-0.1, -0.05) is 208 Å². The van der Waals surface area contributed by atoms with Crippen LogP contribution < -0.4 is 37.6 Å². The highest BCUT2D eigenvalue weighted by Crippen LogP contribution is 2.29. The third-order valence-corrected chi connectivity index (χ3v) is 22.3. The van der Waals surface area contributed by atoms with Gasteiger partial charge in [0, 0.05) is 122 Å². The lowest BCUT2D eigenvalue weighted by atomic mass is 9.95. The standard InChI is InChI=1S/C36H40ClN3O3.C31H38ClN3O2.C22H32Cl2N4O2/c1-2-27(28-11-7-4-8-12-28)24-40-19-17-33(39-34(36(40)42)18-20-43-25-26-9-5-3-6-10-26)23-38-35(41)31-14-13-30-22-32(37)16-15-29(30)21-31;1-4-22(23-8-6-5-7-9-23)20-35-15-14-28(34-29(31(35)37)16-21(2)3)19-33-30(36)26-11-10-25-18-27(32)13-12-24(25)17-26;1-4-15(14(2)3)13-28-10-8-17(27-20(7-9-25)22(28)30)12-26-21(29)16-5-6-18(23)19(24)11-16/h3-16,21-22,27,33-34,39H,2,17-20,23-25H2,1H3,(H,38,41);5-13,17-18,21-22,28-29,34H,4,14-16,19-20H2,1-3H3,(H,33,36);5-6,11,15,17,20,27H,2,4,7-10,12-13,25H2,1,3H3,(H,26,29)/t27-,33+,34+;22-,28+,29+;15?,17-,20-/m110/s1. The molecule has 586 valence electrons. The predicted molar refractivity (Wildman–Crippen MR) is 448 cm³/mol. The number of nitrogens with one attached hydrogen (secondary N) is 6. The first-order valence-corrected chi connectivity index (χ1v) is 40.5. The zero-order valence-corrected chi connectivity index (χ0v) is 67.5. The van der Waals surface area contributed by atoms with Crippen molar-refractivity contribution in [1.82, 2.24) is 46.6 Å². The van der Waals surface area contributed by atoms with E-state index in [0.717, 1.165) is 84.2 Å². The second-order valence-corrected chi connectivity index (χ2v) is 31.3. The lowest BCUT2D eigenvalue weighted by Gasteiger charge is -2.29. The minimum atomic E-state index is -0.390. The molecule has 0 radical (unpaired) electrons. The van der Waals surface area contributed by atoms with Crippen LogP contribution in [0.2, 0.25) is 20.1 Å². The molecule has 8 aromatic rings. The minimum Gasteiger partial charge on any atom is -0.377 e. The fourth-order valence-electron chi connectivity index (χ4n) is 14.6. The average molecular weight is 1570 g/mol. The van der Waals surface area contributed by atoms with Gasteiger partial charge in [0.25, 0.3) is 17.7 Å². The van der Waals surface area contributed by atoms with E-state index < -0.39 is 0 Å². The van der Waals surface area contributed by atoms with Crippen LogP contribution in [0.3, 0.4) is 0 Å². The van der Waals surface area contributed by atoms with Crippen molar-refractivity contribution in [2.45, 2.75) is 154 Å².